The van der Waals surface area contributed by atoms with Crippen LogP contribution in [0.2, 0.25) is 0 Å². The molecule has 0 aliphatic carbocycles. The maximum absolute atomic E-state index is 10.8. The first-order valence-electron chi connectivity index (χ1n) is 3.61. The fourth-order valence-corrected chi connectivity index (χ4v) is 1.63. The topological polar surface area (TPSA) is 103 Å². The zero-order valence-corrected chi connectivity index (χ0v) is 7.79. The minimum atomic E-state index is -4.40. The van der Waals surface area contributed by atoms with Gasteiger partial charge in [-0.3, -0.25) is 4.55 Å². The van der Waals surface area contributed by atoms with Crippen molar-refractivity contribution < 1.29 is 13.0 Å². The van der Waals surface area contributed by atoms with Gasteiger partial charge in [-0.05, 0) is 11.1 Å². The lowest BCUT2D eigenvalue weighted by Gasteiger charge is -2.06. The van der Waals surface area contributed by atoms with Gasteiger partial charge in [-0.15, -0.1) is 0 Å². The summed E-state index contributed by atoms with van der Waals surface area (Å²) in [5.41, 5.74) is 8.37. The molecule has 1 aromatic carbocycles. The van der Waals surface area contributed by atoms with Gasteiger partial charge in [0.1, 0.15) is 0 Å². The summed E-state index contributed by atoms with van der Waals surface area (Å²) in [7, 11) is -4.40. The van der Waals surface area contributed by atoms with Crippen molar-refractivity contribution in [2.24, 2.45) is 5.11 Å². The van der Waals surface area contributed by atoms with Crippen LogP contribution in [-0.2, 0) is 10.1 Å². The molecule has 6 nitrogen and oxygen atoms in total. The number of hydrogen-bond acceptors (Lipinski definition) is 3. The molecule has 0 saturated carbocycles. The van der Waals surface area contributed by atoms with Gasteiger partial charge in [0.2, 0.25) is 0 Å². The van der Waals surface area contributed by atoms with Gasteiger partial charge in [-0.25, -0.2) is 0 Å². The number of rotatable bonds is 3. The predicted molar refractivity (Wildman–Crippen MR) is 49.9 cm³/mol. The third-order valence-electron chi connectivity index (χ3n) is 1.52. The number of hydrogen-bond donors (Lipinski definition) is 1. The summed E-state index contributed by atoms with van der Waals surface area (Å²) in [6.45, 7) is 0. The average molecular weight is 213 g/mol. The molecule has 0 fully saturated rings. The predicted octanol–water partition coefficient (Wildman–Crippen LogP) is 1.88. The van der Waals surface area contributed by atoms with Crippen molar-refractivity contribution in [3.63, 3.8) is 0 Å². The minimum Gasteiger partial charge on any atom is -0.285 e. The van der Waals surface area contributed by atoms with E-state index in [1.807, 2.05) is 0 Å². The lowest BCUT2D eigenvalue weighted by atomic mass is 10.2. The van der Waals surface area contributed by atoms with Crippen LogP contribution in [-0.4, -0.2) is 13.0 Å². The van der Waals surface area contributed by atoms with Gasteiger partial charge in [-0.1, -0.05) is 35.4 Å². The normalized spacial score (nSPS) is 12.9. The van der Waals surface area contributed by atoms with Crippen molar-refractivity contribution in [2.75, 3.05) is 0 Å². The molecular formula is C7H7N3O3S. The Balaban J connectivity index is 3.21. The van der Waals surface area contributed by atoms with E-state index < -0.39 is 15.5 Å². The molecule has 0 amide bonds. The molecule has 0 heterocycles. The maximum atomic E-state index is 10.8. The second-order valence-electron chi connectivity index (χ2n) is 2.48. The largest absolute Gasteiger partial charge is 0.285 e. The van der Waals surface area contributed by atoms with E-state index >= 15 is 0 Å². The van der Waals surface area contributed by atoms with Crippen LogP contribution in [0.15, 0.2) is 35.4 Å². The van der Waals surface area contributed by atoms with Crippen LogP contribution in [0.4, 0.5) is 0 Å². The fourth-order valence-electron chi connectivity index (χ4n) is 0.963. The first-order chi connectivity index (χ1) is 6.55. The van der Waals surface area contributed by atoms with Crippen LogP contribution in [0.25, 0.3) is 10.4 Å². The van der Waals surface area contributed by atoms with E-state index in [0.29, 0.717) is 0 Å². The van der Waals surface area contributed by atoms with Crippen molar-refractivity contribution >= 4 is 10.1 Å². The van der Waals surface area contributed by atoms with Crippen LogP contribution in [0.1, 0.15) is 10.9 Å². The first-order valence-corrected chi connectivity index (χ1v) is 5.11. The Morgan fingerprint density at radius 2 is 1.93 bits per heavy atom. The Hall–Kier alpha value is -1.56. The van der Waals surface area contributed by atoms with E-state index in [0.717, 1.165) is 0 Å². The van der Waals surface area contributed by atoms with Crippen molar-refractivity contribution in [2.45, 2.75) is 5.37 Å². The number of azide groups is 1. The van der Waals surface area contributed by atoms with Gasteiger partial charge < -0.3 is 0 Å². The van der Waals surface area contributed by atoms with Gasteiger partial charge in [-0.2, -0.15) is 8.42 Å². The Bertz CT molecular complexity index is 450. The van der Waals surface area contributed by atoms with Crippen LogP contribution in [0.3, 0.4) is 0 Å². The van der Waals surface area contributed by atoms with Gasteiger partial charge in [0.15, 0.2) is 5.37 Å². The lowest BCUT2D eigenvalue weighted by molar-refractivity contribution is 0.470. The molecule has 74 valence electrons. The Labute approximate surface area is 80.6 Å². The highest BCUT2D eigenvalue weighted by Gasteiger charge is 2.22. The van der Waals surface area contributed by atoms with E-state index in [-0.39, 0.29) is 5.56 Å². The molecule has 0 aliphatic heterocycles. The smallest absolute Gasteiger partial charge is 0.277 e. The third-order valence-corrected chi connectivity index (χ3v) is 2.45. The van der Waals surface area contributed by atoms with Crippen LogP contribution in [0, 0.1) is 0 Å². The summed E-state index contributed by atoms with van der Waals surface area (Å²) >= 11 is 0. The highest BCUT2D eigenvalue weighted by Crippen LogP contribution is 2.22. The molecular weight excluding hydrogens is 206 g/mol. The van der Waals surface area contributed by atoms with Crippen LogP contribution in [0.5, 0.6) is 0 Å². The van der Waals surface area contributed by atoms with Crippen molar-refractivity contribution in [3.05, 3.63) is 46.3 Å². The molecule has 1 aromatic rings. The van der Waals surface area contributed by atoms with E-state index in [1.165, 1.54) is 12.1 Å². The average Bonchev–Trinajstić information content (AvgIpc) is 2.14. The molecule has 0 aliphatic rings. The first kappa shape index (κ1) is 10.5. The van der Waals surface area contributed by atoms with Gasteiger partial charge in [0, 0.05) is 4.91 Å². The molecule has 1 N–H and O–H groups in total. The molecule has 0 bridgehead atoms. The highest BCUT2D eigenvalue weighted by molar-refractivity contribution is 7.86. The molecule has 1 atom stereocenters. The highest BCUT2D eigenvalue weighted by atomic mass is 32.2. The molecule has 14 heavy (non-hydrogen) atoms. The molecule has 0 spiro atoms. The van der Waals surface area contributed by atoms with Crippen molar-refractivity contribution in [1.29, 1.82) is 0 Å². The SMILES string of the molecule is [N-]=[N+]=NC(c1ccccc1)S(=O)(=O)O. The van der Waals surface area contributed by atoms with Gasteiger partial charge in [0.25, 0.3) is 10.1 Å². The van der Waals surface area contributed by atoms with Crippen molar-refractivity contribution in [3.8, 4) is 0 Å². The summed E-state index contributed by atoms with van der Waals surface area (Å²) in [5.74, 6) is 0. The molecule has 0 saturated heterocycles. The zero-order chi connectivity index (χ0) is 10.6. The molecule has 0 radical (unpaired) electrons. The fraction of sp³-hybridized carbons (Fsp3) is 0.143. The summed E-state index contributed by atoms with van der Waals surface area (Å²) < 4.78 is 30.4. The van der Waals surface area contributed by atoms with E-state index in [4.69, 9.17) is 10.1 Å². The van der Waals surface area contributed by atoms with Crippen molar-refractivity contribution in [1.82, 2.24) is 0 Å². The molecule has 7 heteroatoms. The van der Waals surface area contributed by atoms with Crippen LogP contribution < -0.4 is 0 Å². The van der Waals surface area contributed by atoms with Gasteiger partial charge >= 0.3 is 0 Å². The third kappa shape index (κ3) is 2.46. The standard InChI is InChI=1S/C7H7N3O3S/c8-10-9-7(14(11,12)13)6-4-2-1-3-5-6/h1-5,7H,(H,11,12,13). The second-order valence-corrected chi connectivity index (χ2v) is 3.96. The molecule has 1 rings (SSSR count). The second kappa shape index (κ2) is 4.10. The Morgan fingerprint density at radius 1 is 1.36 bits per heavy atom. The van der Waals surface area contributed by atoms with E-state index in [9.17, 15) is 8.42 Å². The maximum Gasteiger partial charge on any atom is 0.277 e. The Morgan fingerprint density at radius 3 is 2.36 bits per heavy atom. The lowest BCUT2D eigenvalue weighted by Crippen LogP contribution is -2.08. The monoisotopic (exact) mass is 213 g/mol. The summed E-state index contributed by atoms with van der Waals surface area (Å²) in [4.78, 5) is 2.36. The zero-order valence-electron chi connectivity index (χ0n) is 6.98. The van der Waals surface area contributed by atoms with E-state index in [2.05, 4.69) is 10.0 Å². The summed E-state index contributed by atoms with van der Waals surface area (Å²) in [6.07, 6.45) is 0. The number of nitrogens with zero attached hydrogens (tertiary/aromatic N) is 3. The van der Waals surface area contributed by atoms with Gasteiger partial charge in [0.05, 0.1) is 0 Å². The number of benzene rings is 1. The minimum absolute atomic E-state index is 0.229. The Kier molecular flexibility index (Phi) is 3.08. The summed E-state index contributed by atoms with van der Waals surface area (Å²) in [5, 5.41) is 1.43. The summed E-state index contributed by atoms with van der Waals surface area (Å²) in [6, 6.07) is 7.75. The quantitative estimate of drug-likeness (QED) is 0.358. The van der Waals surface area contributed by atoms with E-state index in [1.54, 1.807) is 18.2 Å². The molecule has 1 unspecified atom stereocenters. The van der Waals surface area contributed by atoms with Crippen LogP contribution >= 0.6 is 0 Å². The molecule has 0 aromatic heterocycles.